The van der Waals surface area contributed by atoms with Crippen LogP contribution < -0.4 is 35.6 Å². The lowest BCUT2D eigenvalue weighted by molar-refractivity contribution is 0.435. The number of hydrogen-bond acceptors (Lipinski definition) is 8. The third kappa shape index (κ3) is 8.10. The number of hydrogen-bond donors (Lipinski definition) is 0. The fraction of sp³-hybridized carbons (Fsp3) is 0.208. The SMILES string of the molecule is Cc1ccnc(Oc2ccc(C(C)(C)C)c(Oc3ccc4c(c3)B(c3ncccn3)c3cc(Oc5cc(Oc6cc(C)ccn6)ccc5C(C)(C)C)ccc3-4)c2)c1. The summed E-state index contributed by atoms with van der Waals surface area (Å²) in [7, 11) is 0. The summed E-state index contributed by atoms with van der Waals surface area (Å²) >= 11 is 0. The van der Waals surface area contributed by atoms with Crippen LogP contribution in [0.2, 0.25) is 0 Å². The van der Waals surface area contributed by atoms with E-state index in [-0.39, 0.29) is 17.5 Å². The maximum Gasteiger partial charge on any atom is 0.291 e. The minimum absolute atomic E-state index is 0.185. The van der Waals surface area contributed by atoms with E-state index in [1.165, 1.54) is 0 Å². The molecule has 0 fully saturated rings. The summed E-state index contributed by atoms with van der Waals surface area (Å²) in [5.74, 6) is 5.18. The molecule has 3 aromatic heterocycles. The molecule has 57 heavy (non-hydrogen) atoms. The van der Waals surface area contributed by atoms with Crippen LogP contribution in [0.3, 0.4) is 0 Å². The zero-order valence-corrected chi connectivity index (χ0v) is 33.6. The summed E-state index contributed by atoms with van der Waals surface area (Å²) in [5, 5.41) is 0. The van der Waals surface area contributed by atoms with Gasteiger partial charge in [-0.3, -0.25) is 9.97 Å². The first-order valence-electron chi connectivity index (χ1n) is 19.2. The van der Waals surface area contributed by atoms with E-state index in [0.717, 1.165) is 44.3 Å². The van der Waals surface area contributed by atoms with E-state index in [9.17, 15) is 0 Å². The second-order valence-electron chi connectivity index (χ2n) is 16.6. The molecule has 7 aromatic rings. The molecule has 0 saturated carbocycles. The van der Waals surface area contributed by atoms with Crippen molar-refractivity contribution in [1.82, 2.24) is 19.9 Å². The molecule has 4 heterocycles. The Morgan fingerprint density at radius 3 is 1.28 bits per heavy atom. The lowest BCUT2D eigenvalue weighted by Crippen LogP contribution is -2.51. The van der Waals surface area contributed by atoms with Gasteiger partial charge < -0.3 is 18.9 Å². The number of aryl methyl sites for hydroxylation is 2. The lowest BCUT2D eigenvalue weighted by atomic mass is 9.42. The quantitative estimate of drug-likeness (QED) is 0.135. The minimum atomic E-state index is -0.253. The van der Waals surface area contributed by atoms with E-state index in [0.29, 0.717) is 52.0 Å². The highest BCUT2D eigenvalue weighted by Crippen LogP contribution is 2.40. The van der Waals surface area contributed by atoms with Crippen molar-refractivity contribution >= 4 is 23.4 Å². The molecular weight excluding hydrogens is 707 g/mol. The van der Waals surface area contributed by atoms with E-state index in [1.807, 2.05) is 80.6 Å². The van der Waals surface area contributed by atoms with Gasteiger partial charge in [0.15, 0.2) is 0 Å². The molecule has 0 aliphatic carbocycles. The van der Waals surface area contributed by atoms with Gasteiger partial charge in [0.25, 0.3) is 6.71 Å². The van der Waals surface area contributed by atoms with Crippen molar-refractivity contribution in [3.63, 3.8) is 0 Å². The molecule has 8 nitrogen and oxygen atoms in total. The molecule has 4 aromatic carbocycles. The molecule has 0 spiro atoms. The average Bonchev–Trinajstić information content (AvgIpc) is 3.47. The van der Waals surface area contributed by atoms with E-state index < -0.39 is 0 Å². The van der Waals surface area contributed by atoms with Crippen molar-refractivity contribution < 1.29 is 18.9 Å². The Bertz CT molecular complexity index is 2440. The monoisotopic (exact) mass is 752 g/mol. The fourth-order valence-electron chi connectivity index (χ4n) is 7.25. The van der Waals surface area contributed by atoms with Crippen molar-refractivity contribution in [2.45, 2.75) is 66.2 Å². The number of nitrogens with zero attached hydrogens (tertiary/aromatic N) is 4. The van der Waals surface area contributed by atoms with Gasteiger partial charge in [0.05, 0.1) is 5.72 Å². The maximum atomic E-state index is 6.77. The van der Waals surface area contributed by atoms with Crippen molar-refractivity contribution in [2.24, 2.45) is 0 Å². The second-order valence-corrected chi connectivity index (χ2v) is 16.6. The molecule has 0 atom stereocenters. The van der Waals surface area contributed by atoms with Crippen LogP contribution >= 0.6 is 0 Å². The number of aromatic nitrogens is 4. The molecule has 0 N–H and O–H groups in total. The van der Waals surface area contributed by atoms with Gasteiger partial charge in [0, 0.05) is 60.2 Å². The predicted octanol–water partition coefficient (Wildman–Crippen LogP) is 10.1. The first kappa shape index (κ1) is 37.4. The third-order valence-electron chi connectivity index (χ3n) is 10.0. The summed E-state index contributed by atoms with van der Waals surface area (Å²) in [6.45, 7) is 16.8. The Morgan fingerprint density at radius 2 is 0.860 bits per heavy atom. The number of pyridine rings is 2. The van der Waals surface area contributed by atoms with Crippen LogP contribution in [0.1, 0.15) is 63.8 Å². The molecule has 8 rings (SSSR count). The van der Waals surface area contributed by atoms with Gasteiger partial charge in [-0.15, -0.1) is 0 Å². The summed E-state index contributed by atoms with van der Waals surface area (Å²) in [4.78, 5) is 18.3. The molecular formula is C48H45BN4O4. The van der Waals surface area contributed by atoms with Gasteiger partial charge in [-0.1, -0.05) is 76.7 Å². The summed E-state index contributed by atoms with van der Waals surface area (Å²) < 4.78 is 25.9. The van der Waals surface area contributed by atoms with Crippen LogP contribution in [0, 0.1) is 13.8 Å². The molecule has 1 aliphatic heterocycles. The molecule has 9 heteroatoms. The van der Waals surface area contributed by atoms with Gasteiger partial charge >= 0.3 is 0 Å². The average molecular weight is 753 g/mol. The smallest absolute Gasteiger partial charge is 0.291 e. The molecule has 1 aliphatic rings. The number of fused-ring (bicyclic) bond motifs is 3. The highest BCUT2D eigenvalue weighted by molar-refractivity contribution is 6.98. The second kappa shape index (κ2) is 14.9. The molecule has 0 amide bonds. The summed E-state index contributed by atoms with van der Waals surface area (Å²) in [6, 6.07) is 34.0. The highest BCUT2D eigenvalue weighted by atomic mass is 16.5. The Labute approximate surface area is 335 Å². The van der Waals surface area contributed by atoms with E-state index in [1.54, 1.807) is 24.8 Å². The number of benzene rings is 4. The van der Waals surface area contributed by atoms with Gasteiger partial charge in [0.2, 0.25) is 11.8 Å². The third-order valence-corrected chi connectivity index (χ3v) is 10.0. The van der Waals surface area contributed by atoms with Crippen LogP contribution in [0.25, 0.3) is 11.1 Å². The molecule has 0 saturated heterocycles. The van der Waals surface area contributed by atoms with Crippen LogP contribution in [-0.2, 0) is 10.8 Å². The molecule has 0 radical (unpaired) electrons. The summed E-state index contributed by atoms with van der Waals surface area (Å²) in [6.07, 6.45) is 7.07. The van der Waals surface area contributed by atoms with Crippen LogP contribution in [-0.4, -0.2) is 26.6 Å². The molecule has 284 valence electrons. The van der Waals surface area contributed by atoms with Crippen molar-refractivity contribution in [2.75, 3.05) is 0 Å². The summed E-state index contributed by atoms with van der Waals surface area (Å²) in [5.41, 5.74) is 8.87. The molecule has 0 bridgehead atoms. The Kier molecular flexibility index (Phi) is 9.78. The zero-order chi connectivity index (χ0) is 39.9. The highest BCUT2D eigenvalue weighted by Gasteiger charge is 2.37. The molecule has 0 unspecified atom stereocenters. The topological polar surface area (TPSA) is 88.5 Å². The lowest BCUT2D eigenvalue weighted by Gasteiger charge is -2.23. The van der Waals surface area contributed by atoms with Crippen molar-refractivity contribution in [3.05, 3.63) is 150 Å². The zero-order valence-electron chi connectivity index (χ0n) is 33.6. The van der Waals surface area contributed by atoms with Crippen LogP contribution in [0.4, 0.5) is 0 Å². The van der Waals surface area contributed by atoms with E-state index in [4.69, 9.17) is 28.9 Å². The predicted molar refractivity (Wildman–Crippen MR) is 227 cm³/mol. The van der Waals surface area contributed by atoms with Crippen LogP contribution in [0.15, 0.2) is 128 Å². The number of rotatable bonds is 9. The minimum Gasteiger partial charge on any atom is -0.457 e. The Balaban J connectivity index is 1.15. The van der Waals surface area contributed by atoms with Crippen molar-refractivity contribution in [1.29, 1.82) is 0 Å². The maximum absolute atomic E-state index is 6.77. The first-order valence-corrected chi connectivity index (χ1v) is 19.2. The van der Waals surface area contributed by atoms with E-state index in [2.05, 4.69) is 87.9 Å². The standard InChI is InChI=1S/C48H45BN4O4/c1-30-18-22-50-44(24-30)56-34-12-16-38(47(3,4)5)42(28-34)54-32-10-14-36-37-15-11-33(27-41(37)49(40(36)26-32)46-52-20-9-21-53-46)55-43-29-35(13-17-39(43)48(6,7)8)57-45-25-31(2)19-23-51-45/h9-29H,1-8H3. The van der Waals surface area contributed by atoms with Gasteiger partial charge in [-0.2, -0.15) is 0 Å². The van der Waals surface area contributed by atoms with Gasteiger partial charge in [0.1, 0.15) is 34.5 Å². The largest absolute Gasteiger partial charge is 0.457 e. The van der Waals surface area contributed by atoms with Crippen molar-refractivity contribution in [3.8, 4) is 57.4 Å². The van der Waals surface area contributed by atoms with Gasteiger partial charge in [-0.25, -0.2) is 9.97 Å². The van der Waals surface area contributed by atoms with Crippen LogP contribution in [0.5, 0.6) is 46.3 Å². The Hall–Kier alpha value is -6.48. The van der Waals surface area contributed by atoms with Gasteiger partial charge in [-0.05, 0) is 102 Å². The first-order chi connectivity index (χ1) is 27.3. The normalized spacial score (nSPS) is 12.2. The van der Waals surface area contributed by atoms with E-state index >= 15 is 0 Å². The Morgan fingerprint density at radius 1 is 0.439 bits per heavy atom. The number of ether oxygens (including phenoxy) is 4. The fourth-order valence-corrected chi connectivity index (χ4v) is 7.25.